The Kier molecular flexibility index (Phi) is 4.27. The second kappa shape index (κ2) is 6.95. The van der Waals surface area contributed by atoms with Gasteiger partial charge in [-0.05, 0) is 69.4 Å². The lowest BCUT2D eigenvalue weighted by Gasteiger charge is -2.21. The van der Waals surface area contributed by atoms with E-state index < -0.39 is 0 Å². The lowest BCUT2D eigenvalue weighted by Crippen LogP contribution is -2.30. The fraction of sp³-hybridized carbons (Fsp3) is 0.304. The average Bonchev–Trinajstić information content (AvgIpc) is 3.16. The minimum absolute atomic E-state index is 0.0682. The first-order chi connectivity index (χ1) is 14.1. The molecule has 3 aromatic heterocycles. The lowest BCUT2D eigenvalue weighted by molar-refractivity contribution is 0.0938. The quantitative estimate of drug-likeness (QED) is 0.579. The smallest absolute Gasteiger partial charge is 0.252 e. The van der Waals surface area contributed by atoms with Crippen LogP contribution in [0.4, 0.5) is 0 Å². The van der Waals surface area contributed by atoms with Gasteiger partial charge in [-0.15, -0.1) is 10.2 Å². The van der Waals surface area contributed by atoms with E-state index in [-0.39, 0.29) is 11.9 Å². The van der Waals surface area contributed by atoms with Crippen LogP contribution in [0.2, 0.25) is 0 Å². The van der Waals surface area contributed by atoms with Crippen LogP contribution in [0.1, 0.15) is 58.8 Å². The molecule has 1 unspecified atom stereocenters. The Morgan fingerprint density at radius 3 is 2.90 bits per heavy atom. The number of rotatable bonds is 3. The van der Waals surface area contributed by atoms with E-state index in [4.69, 9.17) is 4.98 Å². The highest BCUT2D eigenvalue weighted by Gasteiger charge is 2.25. The number of amides is 1. The van der Waals surface area contributed by atoms with Crippen molar-refractivity contribution in [3.63, 3.8) is 0 Å². The Morgan fingerprint density at radius 2 is 2.00 bits per heavy atom. The van der Waals surface area contributed by atoms with E-state index in [1.165, 1.54) is 0 Å². The number of nitrogens with one attached hydrogen (secondary N) is 1. The van der Waals surface area contributed by atoms with E-state index in [2.05, 4.69) is 27.6 Å². The third-order valence-electron chi connectivity index (χ3n) is 5.72. The number of aryl methyl sites for hydroxylation is 2. The molecule has 1 aliphatic carbocycles. The molecular weight excluding hydrogens is 362 g/mol. The Bertz CT molecular complexity index is 1240. The highest BCUT2D eigenvalue weighted by Crippen LogP contribution is 2.30. The van der Waals surface area contributed by atoms with Crippen molar-refractivity contribution in [3.8, 4) is 0 Å². The maximum Gasteiger partial charge on any atom is 0.252 e. The Morgan fingerprint density at radius 1 is 1.14 bits per heavy atom. The van der Waals surface area contributed by atoms with Crippen LogP contribution in [0.25, 0.3) is 16.6 Å². The molecule has 0 aliphatic heterocycles. The molecule has 0 spiro atoms. The molecule has 5 rings (SSSR count). The largest absolute Gasteiger partial charge is 0.342 e. The number of carbonyl (C=O) groups is 1. The maximum atomic E-state index is 13.5. The third kappa shape index (κ3) is 3.05. The molecule has 0 radical (unpaired) electrons. The summed E-state index contributed by atoms with van der Waals surface area (Å²) in [5.74, 6) is 0.652. The molecule has 1 N–H and O–H groups in total. The van der Waals surface area contributed by atoms with E-state index in [0.717, 1.165) is 70.4 Å². The van der Waals surface area contributed by atoms with Crippen molar-refractivity contribution in [1.82, 2.24) is 24.9 Å². The number of hydrogen-bond donors (Lipinski definition) is 1. The van der Waals surface area contributed by atoms with Gasteiger partial charge >= 0.3 is 0 Å². The Hall–Kier alpha value is -3.28. The van der Waals surface area contributed by atoms with Gasteiger partial charge in [-0.2, -0.15) is 0 Å². The summed E-state index contributed by atoms with van der Waals surface area (Å²) in [6.45, 7) is 3.99. The Balaban J connectivity index is 1.57. The van der Waals surface area contributed by atoms with Crippen molar-refractivity contribution in [2.24, 2.45) is 0 Å². The van der Waals surface area contributed by atoms with Gasteiger partial charge in [-0.25, -0.2) is 0 Å². The number of carbonyl (C=O) groups excluding carboxylic acids is 1. The normalized spacial score (nSPS) is 14.7. The first-order valence-electron chi connectivity index (χ1n) is 10.1. The zero-order valence-electron chi connectivity index (χ0n) is 16.6. The molecule has 1 amide bonds. The highest BCUT2D eigenvalue weighted by molar-refractivity contribution is 6.08. The van der Waals surface area contributed by atoms with Crippen LogP contribution in [-0.2, 0) is 12.8 Å². The molecule has 1 aliphatic rings. The molecule has 3 heterocycles. The summed E-state index contributed by atoms with van der Waals surface area (Å²) in [5.41, 5.74) is 5.73. The fourth-order valence-corrected chi connectivity index (χ4v) is 4.29. The summed E-state index contributed by atoms with van der Waals surface area (Å²) < 4.78 is 1.91. The lowest BCUT2D eigenvalue weighted by atomic mass is 9.89. The summed E-state index contributed by atoms with van der Waals surface area (Å²) in [5, 5.41) is 12.6. The minimum Gasteiger partial charge on any atom is -0.342 e. The number of pyridine rings is 2. The molecule has 146 valence electrons. The van der Waals surface area contributed by atoms with Gasteiger partial charge in [-0.3, -0.25) is 14.2 Å². The van der Waals surface area contributed by atoms with Gasteiger partial charge in [0.1, 0.15) is 0 Å². The molecule has 1 aromatic carbocycles. The molecule has 1 atom stereocenters. The fourth-order valence-electron chi connectivity index (χ4n) is 4.29. The summed E-state index contributed by atoms with van der Waals surface area (Å²) in [7, 11) is 0. The van der Waals surface area contributed by atoms with Crippen molar-refractivity contribution in [2.75, 3.05) is 0 Å². The molecule has 6 heteroatoms. The molecule has 0 fully saturated rings. The second-order valence-corrected chi connectivity index (χ2v) is 7.82. The summed E-state index contributed by atoms with van der Waals surface area (Å²) in [4.78, 5) is 18.4. The van der Waals surface area contributed by atoms with E-state index in [0.29, 0.717) is 0 Å². The van der Waals surface area contributed by atoms with Crippen LogP contribution in [0.15, 0.2) is 42.6 Å². The van der Waals surface area contributed by atoms with Gasteiger partial charge in [-0.1, -0.05) is 17.7 Å². The van der Waals surface area contributed by atoms with Crippen LogP contribution in [-0.4, -0.2) is 25.5 Å². The molecular formula is C23H23N5O. The van der Waals surface area contributed by atoms with Crippen LogP contribution < -0.4 is 5.32 Å². The van der Waals surface area contributed by atoms with Crippen LogP contribution in [0.5, 0.6) is 0 Å². The molecule has 0 saturated heterocycles. The monoisotopic (exact) mass is 385 g/mol. The average molecular weight is 385 g/mol. The summed E-state index contributed by atoms with van der Waals surface area (Å²) in [6, 6.07) is 11.6. The second-order valence-electron chi connectivity index (χ2n) is 7.82. The number of aromatic nitrogens is 4. The highest BCUT2D eigenvalue weighted by atomic mass is 16.1. The number of hydrogen-bond acceptors (Lipinski definition) is 4. The minimum atomic E-state index is -0.271. The number of fused-ring (bicyclic) bond motifs is 3. The topological polar surface area (TPSA) is 72.2 Å². The van der Waals surface area contributed by atoms with Crippen molar-refractivity contribution < 1.29 is 4.79 Å². The van der Waals surface area contributed by atoms with Crippen molar-refractivity contribution in [3.05, 3.63) is 70.8 Å². The summed E-state index contributed by atoms with van der Waals surface area (Å²) >= 11 is 0. The van der Waals surface area contributed by atoms with E-state index in [1.807, 2.05) is 48.7 Å². The van der Waals surface area contributed by atoms with Crippen molar-refractivity contribution in [1.29, 1.82) is 0 Å². The number of benzene rings is 1. The zero-order valence-corrected chi connectivity index (χ0v) is 16.6. The third-order valence-corrected chi connectivity index (χ3v) is 5.72. The van der Waals surface area contributed by atoms with Crippen molar-refractivity contribution >= 4 is 22.5 Å². The Labute approximate surface area is 169 Å². The first-order valence-corrected chi connectivity index (χ1v) is 10.1. The van der Waals surface area contributed by atoms with Crippen LogP contribution >= 0.6 is 0 Å². The molecule has 4 aromatic rings. The molecule has 29 heavy (non-hydrogen) atoms. The standard InChI is InChI=1S/C23H23N5O/c1-14-10-11-19-17(13-14)21(16-7-3-4-8-18(16)25-19)23(29)24-15(2)22-27-26-20-9-5-6-12-28(20)22/h5-6,9-13,15H,3-4,7-8H2,1-2H3,(H,24,29). The van der Waals surface area contributed by atoms with Crippen LogP contribution in [0, 0.1) is 6.92 Å². The van der Waals surface area contributed by atoms with Gasteiger partial charge in [0.25, 0.3) is 5.91 Å². The predicted octanol–water partition coefficient (Wildman–Crippen LogP) is 3.96. The van der Waals surface area contributed by atoms with Gasteiger partial charge < -0.3 is 5.32 Å². The van der Waals surface area contributed by atoms with Crippen LogP contribution in [0.3, 0.4) is 0 Å². The SMILES string of the molecule is Cc1ccc2nc3c(c(C(=O)NC(C)c4nnc5ccccn45)c2c1)CCCC3. The predicted molar refractivity (Wildman–Crippen MR) is 112 cm³/mol. The summed E-state index contributed by atoms with van der Waals surface area (Å²) in [6.07, 6.45) is 5.97. The first kappa shape index (κ1) is 17.8. The maximum absolute atomic E-state index is 13.5. The molecule has 6 nitrogen and oxygen atoms in total. The number of nitrogens with zero attached hydrogens (tertiary/aromatic N) is 4. The van der Waals surface area contributed by atoms with Gasteiger partial charge in [0, 0.05) is 17.3 Å². The van der Waals surface area contributed by atoms with E-state index in [9.17, 15) is 4.79 Å². The van der Waals surface area contributed by atoms with Gasteiger partial charge in [0.05, 0.1) is 17.1 Å². The van der Waals surface area contributed by atoms with E-state index in [1.54, 1.807) is 0 Å². The molecule has 0 bridgehead atoms. The van der Waals surface area contributed by atoms with Crippen molar-refractivity contribution in [2.45, 2.75) is 45.6 Å². The van der Waals surface area contributed by atoms with E-state index >= 15 is 0 Å². The van der Waals surface area contributed by atoms with Gasteiger partial charge in [0.2, 0.25) is 0 Å². The van der Waals surface area contributed by atoms with Gasteiger partial charge in [0.15, 0.2) is 11.5 Å². The molecule has 0 saturated carbocycles. The zero-order chi connectivity index (χ0) is 20.0.